The molecular weight excluding hydrogens is 253 g/mol. The molecule has 1 atom stereocenters. The van der Waals surface area contributed by atoms with E-state index in [9.17, 15) is 4.39 Å². The number of methoxy groups -OCH3 is 1. The smallest absolute Gasteiger partial charge is 0.165 e. The standard InChI is InChI=1S/C17H20FNO/c1-11-5-6-13(9-12(11)2)17(3,19)14-7-8-16(20-4)15(18)10-14/h5-10H,19H2,1-4H3. The molecule has 2 aromatic rings. The van der Waals surface area contributed by atoms with Crippen LogP contribution in [0.15, 0.2) is 36.4 Å². The first kappa shape index (κ1) is 14.5. The van der Waals surface area contributed by atoms with Crippen LogP contribution in [0.3, 0.4) is 0 Å². The van der Waals surface area contributed by atoms with Crippen molar-refractivity contribution >= 4 is 0 Å². The highest BCUT2D eigenvalue weighted by molar-refractivity contribution is 5.42. The first-order chi connectivity index (χ1) is 9.36. The molecule has 2 aromatic carbocycles. The number of rotatable bonds is 3. The van der Waals surface area contributed by atoms with Crippen LogP contribution in [0.1, 0.15) is 29.2 Å². The third-order valence-corrected chi connectivity index (χ3v) is 3.86. The molecule has 106 valence electrons. The highest BCUT2D eigenvalue weighted by Crippen LogP contribution is 2.30. The molecule has 0 amide bonds. The maximum absolute atomic E-state index is 13.9. The summed E-state index contributed by atoms with van der Waals surface area (Å²) in [6.45, 7) is 5.99. The average molecular weight is 273 g/mol. The van der Waals surface area contributed by atoms with Crippen LogP contribution in [0.5, 0.6) is 5.75 Å². The van der Waals surface area contributed by atoms with Gasteiger partial charge in [0.05, 0.1) is 12.6 Å². The van der Waals surface area contributed by atoms with Crippen LogP contribution in [-0.2, 0) is 5.54 Å². The molecule has 0 spiro atoms. The van der Waals surface area contributed by atoms with Gasteiger partial charge in [-0.2, -0.15) is 0 Å². The molecule has 0 fully saturated rings. The van der Waals surface area contributed by atoms with Gasteiger partial charge >= 0.3 is 0 Å². The van der Waals surface area contributed by atoms with E-state index in [1.165, 1.54) is 24.3 Å². The minimum atomic E-state index is -0.744. The predicted molar refractivity (Wildman–Crippen MR) is 79.5 cm³/mol. The minimum absolute atomic E-state index is 0.227. The van der Waals surface area contributed by atoms with Gasteiger partial charge in [-0.05, 0) is 55.2 Å². The molecule has 0 saturated heterocycles. The first-order valence-electron chi connectivity index (χ1n) is 6.57. The highest BCUT2D eigenvalue weighted by atomic mass is 19.1. The number of hydrogen-bond acceptors (Lipinski definition) is 2. The van der Waals surface area contributed by atoms with Crippen molar-refractivity contribution in [2.24, 2.45) is 5.73 Å². The second kappa shape index (κ2) is 5.25. The Labute approximate surface area is 119 Å². The zero-order valence-corrected chi connectivity index (χ0v) is 12.3. The van der Waals surface area contributed by atoms with Crippen LogP contribution in [0.4, 0.5) is 4.39 Å². The van der Waals surface area contributed by atoms with Crippen molar-refractivity contribution in [3.05, 3.63) is 64.5 Å². The van der Waals surface area contributed by atoms with Crippen LogP contribution in [0, 0.1) is 19.7 Å². The lowest BCUT2D eigenvalue weighted by molar-refractivity contribution is 0.385. The predicted octanol–water partition coefficient (Wildman–Crippen LogP) is 3.67. The Morgan fingerprint density at radius 3 is 2.15 bits per heavy atom. The molecule has 0 radical (unpaired) electrons. The first-order valence-corrected chi connectivity index (χ1v) is 6.57. The van der Waals surface area contributed by atoms with Crippen molar-refractivity contribution in [2.75, 3.05) is 7.11 Å². The van der Waals surface area contributed by atoms with Crippen molar-refractivity contribution in [3.63, 3.8) is 0 Å². The summed E-state index contributed by atoms with van der Waals surface area (Å²) in [5.41, 5.74) is 9.76. The third-order valence-electron chi connectivity index (χ3n) is 3.86. The maximum atomic E-state index is 13.9. The second-order valence-electron chi connectivity index (χ2n) is 5.35. The Bertz CT molecular complexity index is 635. The summed E-state index contributed by atoms with van der Waals surface area (Å²) in [6, 6.07) is 10.9. The van der Waals surface area contributed by atoms with Crippen molar-refractivity contribution in [1.82, 2.24) is 0 Å². The van der Waals surface area contributed by atoms with Crippen LogP contribution in [-0.4, -0.2) is 7.11 Å². The molecule has 2 N–H and O–H groups in total. The average Bonchev–Trinajstić information content (AvgIpc) is 2.41. The van der Waals surface area contributed by atoms with E-state index in [1.807, 2.05) is 26.0 Å². The lowest BCUT2D eigenvalue weighted by atomic mass is 9.84. The van der Waals surface area contributed by atoms with Crippen molar-refractivity contribution < 1.29 is 9.13 Å². The van der Waals surface area contributed by atoms with Crippen LogP contribution in [0.2, 0.25) is 0 Å². The zero-order valence-electron chi connectivity index (χ0n) is 12.3. The third kappa shape index (κ3) is 2.54. The van der Waals surface area contributed by atoms with E-state index in [1.54, 1.807) is 12.1 Å². The molecule has 0 aromatic heterocycles. The molecule has 0 bridgehead atoms. The fourth-order valence-electron chi connectivity index (χ4n) is 2.22. The molecule has 2 nitrogen and oxygen atoms in total. The van der Waals surface area contributed by atoms with Crippen LogP contribution < -0.4 is 10.5 Å². The molecule has 0 heterocycles. The molecule has 0 aliphatic rings. The van der Waals surface area contributed by atoms with Crippen LogP contribution >= 0.6 is 0 Å². The lowest BCUT2D eigenvalue weighted by Crippen LogP contribution is -2.34. The summed E-state index contributed by atoms with van der Waals surface area (Å²) in [6.07, 6.45) is 0. The summed E-state index contributed by atoms with van der Waals surface area (Å²) in [7, 11) is 1.45. The Kier molecular flexibility index (Phi) is 3.82. The second-order valence-corrected chi connectivity index (χ2v) is 5.35. The van der Waals surface area contributed by atoms with E-state index in [2.05, 4.69) is 13.0 Å². The fourth-order valence-corrected chi connectivity index (χ4v) is 2.22. The normalized spacial score (nSPS) is 13.9. The fraction of sp³-hybridized carbons (Fsp3) is 0.294. The number of benzene rings is 2. The Balaban J connectivity index is 2.48. The van der Waals surface area contributed by atoms with Crippen molar-refractivity contribution in [2.45, 2.75) is 26.3 Å². The summed E-state index contributed by atoms with van der Waals surface area (Å²) in [5, 5.41) is 0. The van der Waals surface area contributed by atoms with E-state index in [4.69, 9.17) is 10.5 Å². The molecule has 1 unspecified atom stereocenters. The molecular formula is C17H20FNO. The summed E-state index contributed by atoms with van der Waals surface area (Å²) >= 11 is 0. The van der Waals surface area contributed by atoms with E-state index >= 15 is 0 Å². The van der Waals surface area contributed by atoms with Gasteiger partial charge in [-0.1, -0.05) is 24.3 Å². The molecule has 2 rings (SSSR count). The van der Waals surface area contributed by atoms with Gasteiger partial charge in [0.25, 0.3) is 0 Å². The van der Waals surface area contributed by atoms with Gasteiger partial charge < -0.3 is 10.5 Å². The van der Waals surface area contributed by atoms with Gasteiger partial charge in [0.1, 0.15) is 0 Å². The monoisotopic (exact) mass is 273 g/mol. The van der Waals surface area contributed by atoms with E-state index < -0.39 is 11.4 Å². The zero-order chi connectivity index (χ0) is 14.9. The number of aryl methyl sites for hydroxylation is 2. The van der Waals surface area contributed by atoms with Gasteiger partial charge in [0, 0.05) is 0 Å². The number of nitrogens with two attached hydrogens (primary N) is 1. The lowest BCUT2D eigenvalue weighted by Gasteiger charge is -2.27. The molecule has 0 saturated carbocycles. The van der Waals surface area contributed by atoms with E-state index in [-0.39, 0.29) is 5.75 Å². The van der Waals surface area contributed by atoms with E-state index in [0.717, 1.165) is 11.1 Å². The molecule has 3 heteroatoms. The SMILES string of the molecule is COc1ccc(C(C)(N)c2ccc(C)c(C)c2)cc1F. The van der Waals surface area contributed by atoms with Gasteiger partial charge in [-0.3, -0.25) is 0 Å². The Morgan fingerprint density at radius 1 is 1.00 bits per heavy atom. The van der Waals surface area contributed by atoms with Gasteiger partial charge in [0.15, 0.2) is 11.6 Å². The van der Waals surface area contributed by atoms with Crippen molar-refractivity contribution in [1.29, 1.82) is 0 Å². The largest absolute Gasteiger partial charge is 0.494 e. The van der Waals surface area contributed by atoms with Gasteiger partial charge in [-0.25, -0.2) is 4.39 Å². The van der Waals surface area contributed by atoms with Gasteiger partial charge in [0.2, 0.25) is 0 Å². The highest BCUT2D eigenvalue weighted by Gasteiger charge is 2.25. The number of ether oxygens (including phenoxy) is 1. The maximum Gasteiger partial charge on any atom is 0.165 e. The molecule has 0 aliphatic carbocycles. The molecule has 20 heavy (non-hydrogen) atoms. The van der Waals surface area contributed by atoms with Crippen molar-refractivity contribution in [3.8, 4) is 5.75 Å². The Hall–Kier alpha value is -1.87. The minimum Gasteiger partial charge on any atom is -0.494 e. The summed E-state index contributed by atoms with van der Waals surface area (Å²) < 4.78 is 18.8. The summed E-state index contributed by atoms with van der Waals surface area (Å²) in [5.74, 6) is -0.171. The number of hydrogen-bond donors (Lipinski definition) is 1. The van der Waals surface area contributed by atoms with E-state index in [0.29, 0.717) is 0 Å². The molecule has 0 aliphatic heterocycles. The summed E-state index contributed by atoms with van der Waals surface area (Å²) in [4.78, 5) is 0. The van der Waals surface area contributed by atoms with Gasteiger partial charge in [-0.15, -0.1) is 0 Å². The Morgan fingerprint density at radius 2 is 1.60 bits per heavy atom. The topological polar surface area (TPSA) is 35.2 Å². The quantitative estimate of drug-likeness (QED) is 0.926. The van der Waals surface area contributed by atoms with Crippen LogP contribution in [0.25, 0.3) is 0 Å². The number of halogens is 1.